The summed E-state index contributed by atoms with van der Waals surface area (Å²) >= 11 is 0. The molecule has 0 aliphatic carbocycles. The maximum Gasteiger partial charge on any atom is 0.330 e. The third kappa shape index (κ3) is 12.3. The van der Waals surface area contributed by atoms with Gasteiger partial charge in [0.1, 0.15) is 62.9 Å². The van der Waals surface area contributed by atoms with Crippen LogP contribution in [-0.2, 0) is 51.5 Å². The summed E-state index contributed by atoms with van der Waals surface area (Å²) in [5, 5.41) is 20.7. The number of hydrogen-bond donors (Lipinski definition) is 6. The molecule has 0 aromatic carbocycles. The zero-order valence-corrected chi connectivity index (χ0v) is 40.5. The normalized spacial score (nSPS) is 29.0. The number of phosphoric ester groups is 1. The number of aliphatic hydroxyl groups is 2. The zero-order chi connectivity index (χ0) is 52.5. The highest BCUT2D eigenvalue weighted by Crippen LogP contribution is 2.46. The van der Waals surface area contributed by atoms with Crippen molar-refractivity contribution >= 4 is 7.82 Å². The van der Waals surface area contributed by atoms with Crippen LogP contribution < -0.4 is 49.9 Å². The van der Waals surface area contributed by atoms with Crippen molar-refractivity contribution in [3.8, 4) is 0 Å². The van der Waals surface area contributed by atoms with E-state index in [9.17, 15) is 58.0 Å². The van der Waals surface area contributed by atoms with E-state index in [4.69, 9.17) is 46.9 Å². The monoisotopic (exact) mass is 1050 g/mol. The van der Waals surface area contributed by atoms with Crippen LogP contribution in [0.25, 0.3) is 0 Å². The minimum atomic E-state index is -5.36. The summed E-state index contributed by atoms with van der Waals surface area (Å²) in [6.45, 7) is 3.09. The highest BCUT2D eigenvalue weighted by molar-refractivity contribution is 7.45. The van der Waals surface area contributed by atoms with E-state index in [1.807, 2.05) is 0 Å². The predicted octanol–water partition coefficient (Wildman–Crippen LogP) is -3.49. The van der Waals surface area contributed by atoms with E-state index in [-0.39, 0.29) is 54.5 Å². The Morgan fingerprint density at radius 2 is 0.890 bits per heavy atom. The fourth-order valence-electron chi connectivity index (χ4n) is 8.74. The number of aliphatic hydroxyl groups excluding tert-OH is 2. The van der Waals surface area contributed by atoms with E-state index in [1.165, 1.54) is 52.5 Å². The van der Waals surface area contributed by atoms with Crippen molar-refractivity contribution in [3.05, 3.63) is 130 Å². The third-order valence-corrected chi connectivity index (χ3v) is 13.7. The number of aromatic amines is 4. The van der Waals surface area contributed by atoms with Gasteiger partial charge in [0.25, 0.3) is 30.1 Å². The molecule has 400 valence electrons. The SMILES string of the molecule is Cc1cn([C@H]2C[C@H](OCOC[C@H]3O[C@@H](n4cc(C)c(=O)[nH]c4=O)C[C@@H]3OP(=O)([O-])OC[C@H]3O[C@@H](n4cc(C)c(=O)[nH]c4=O)C[C@@H]3OCOC[C@H]3O[C@@H](n4cc(C)c(=O)[nH]c4=O)C[C@@H]3O)[C@@H](CO)O2)c(=O)[nH]c1=O. The lowest BCUT2D eigenvalue weighted by atomic mass is 10.2. The Morgan fingerprint density at radius 3 is 1.32 bits per heavy atom. The average molecular weight is 1050 g/mol. The second kappa shape index (κ2) is 22.5. The van der Waals surface area contributed by atoms with Crippen molar-refractivity contribution in [1.82, 2.24) is 38.2 Å². The molecule has 8 rings (SSSR count). The predicted molar refractivity (Wildman–Crippen MR) is 241 cm³/mol. The van der Waals surface area contributed by atoms with Crippen LogP contribution in [0.15, 0.2) is 63.1 Å². The van der Waals surface area contributed by atoms with Gasteiger partial charge in [-0.1, -0.05) is 0 Å². The van der Waals surface area contributed by atoms with Gasteiger partial charge in [-0.15, -0.1) is 0 Å². The topological polar surface area (TPSA) is 392 Å². The molecular weight excluding hydrogens is 999 g/mol. The molecule has 30 nitrogen and oxygen atoms in total. The number of ether oxygens (including phenoxy) is 8. The van der Waals surface area contributed by atoms with E-state index in [0.717, 1.165) is 18.3 Å². The molecule has 4 aromatic heterocycles. The molecule has 0 radical (unpaired) electrons. The molecular formula is C42H54N8O22P-. The van der Waals surface area contributed by atoms with E-state index in [2.05, 4.69) is 19.9 Å². The molecule has 0 bridgehead atoms. The van der Waals surface area contributed by atoms with Crippen LogP contribution in [0.5, 0.6) is 0 Å². The van der Waals surface area contributed by atoms with Crippen LogP contribution in [0.3, 0.4) is 0 Å². The molecule has 4 aliphatic rings. The number of hydrogen-bond acceptors (Lipinski definition) is 22. The third-order valence-electron chi connectivity index (χ3n) is 12.7. The molecule has 0 saturated carbocycles. The minimum absolute atomic E-state index is 0.00142. The first-order valence-corrected chi connectivity index (χ1v) is 24.4. The van der Waals surface area contributed by atoms with Crippen molar-refractivity contribution < 1.29 is 66.6 Å². The fraction of sp³-hybridized carbons (Fsp3) is 0.619. The largest absolute Gasteiger partial charge is 0.756 e. The van der Waals surface area contributed by atoms with Crippen LogP contribution in [0.2, 0.25) is 0 Å². The van der Waals surface area contributed by atoms with Crippen LogP contribution in [-0.4, -0.2) is 137 Å². The molecule has 8 heterocycles. The van der Waals surface area contributed by atoms with Gasteiger partial charge in [0.15, 0.2) is 0 Å². The van der Waals surface area contributed by atoms with Crippen LogP contribution in [0, 0.1) is 27.7 Å². The lowest BCUT2D eigenvalue weighted by molar-refractivity contribution is -0.235. The summed E-state index contributed by atoms with van der Waals surface area (Å²) < 4.78 is 75.9. The van der Waals surface area contributed by atoms with Gasteiger partial charge < -0.3 is 62.0 Å². The Hall–Kier alpha value is -5.57. The molecule has 73 heavy (non-hydrogen) atoms. The number of aryl methyl sites for hydroxylation is 4. The fourth-order valence-corrected chi connectivity index (χ4v) is 9.68. The molecule has 1 unspecified atom stereocenters. The first-order valence-electron chi connectivity index (χ1n) is 22.9. The molecule has 0 amide bonds. The molecule has 4 aliphatic heterocycles. The van der Waals surface area contributed by atoms with Crippen LogP contribution >= 0.6 is 7.82 Å². The number of phosphoric acid groups is 1. The summed E-state index contributed by atoms with van der Waals surface area (Å²) in [5.74, 6) is 0. The van der Waals surface area contributed by atoms with E-state index >= 15 is 0 Å². The Balaban J connectivity index is 0.912. The van der Waals surface area contributed by atoms with Crippen LogP contribution in [0.4, 0.5) is 0 Å². The average Bonchev–Trinajstić information content (AvgIpc) is 4.13. The van der Waals surface area contributed by atoms with Crippen molar-refractivity contribution in [3.63, 3.8) is 0 Å². The lowest BCUT2D eigenvalue weighted by Crippen LogP contribution is -2.34. The summed E-state index contributed by atoms with van der Waals surface area (Å²) in [6, 6.07) is 0. The molecule has 4 aromatic rings. The summed E-state index contributed by atoms with van der Waals surface area (Å²) in [5.41, 5.74) is -4.76. The first kappa shape index (κ1) is 53.7. The van der Waals surface area contributed by atoms with Gasteiger partial charge in [0, 0.05) is 72.7 Å². The zero-order valence-electron chi connectivity index (χ0n) is 39.6. The van der Waals surface area contributed by atoms with Gasteiger partial charge in [-0.3, -0.25) is 61.9 Å². The molecule has 6 N–H and O–H groups in total. The van der Waals surface area contributed by atoms with Gasteiger partial charge in [0.05, 0.1) is 50.8 Å². The highest BCUT2D eigenvalue weighted by atomic mass is 31.2. The Labute approximate surface area is 409 Å². The highest BCUT2D eigenvalue weighted by Gasteiger charge is 2.43. The number of aromatic nitrogens is 8. The van der Waals surface area contributed by atoms with Gasteiger partial charge in [-0.25, -0.2) is 19.2 Å². The van der Waals surface area contributed by atoms with Gasteiger partial charge in [0.2, 0.25) is 0 Å². The van der Waals surface area contributed by atoms with Crippen molar-refractivity contribution in [2.24, 2.45) is 0 Å². The van der Waals surface area contributed by atoms with E-state index < -0.39 is 160 Å². The Kier molecular flexibility index (Phi) is 16.6. The minimum Gasteiger partial charge on any atom is -0.756 e. The summed E-state index contributed by atoms with van der Waals surface area (Å²) in [6.07, 6.45) is -7.89. The molecule has 31 heteroatoms. The summed E-state index contributed by atoms with van der Waals surface area (Å²) in [7, 11) is -5.36. The van der Waals surface area contributed by atoms with Crippen molar-refractivity contribution in [1.29, 1.82) is 0 Å². The van der Waals surface area contributed by atoms with Crippen molar-refractivity contribution in [2.75, 3.05) is 40.0 Å². The first-order chi connectivity index (χ1) is 34.7. The molecule has 4 fully saturated rings. The number of nitrogens with one attached hydrogen (secondary N) is 4. The number of nitrogens with zero attached hydrogens (tertiary/aromatic N) is 4. The van der Waals surface area contributed by atoms with Crippen molar-refractivity contribution in [2.45, 2.75) is 127 Å². The van der Waals surface area contributed by atoms with E-state index in [0.29, 0.717) is 0 Å². The quantitative estimate of drug-likeness (QED) is 0.0284. The maximum absolute atomic E-state index is 13.7. The maximum atomic E-state index is 13.7. The van der Waals surface area contributed by atoms with Crippen LogP contribution in [0.1, 0.15) is 72.8 Å². The molecule has 0 spiro atoms. The standard InChI is InChI=1S/C42H55N8O22P/c1-19-9-47(39(57)43-35(19)53)31-5-23(52)28(69-31)14-63-17-66-25-7-33(49-11-21(3)37(55)45-41(49)59)71-30(25)16-67-73(61,62)72-26-8-34(50-12-22(4)38(56)46-42(50)60)70-29(26)15-64-18-65-24-6-32(68-27(24)13-51)48-10-20(2)36(54)44-40(48)58/h9-12,23-34,51-52H,5-8,13-18H2,1-4H3,(H,61,62)(H,43,53,57)(H,44,54,58)(H,45,55,59)(H,46,56,60)/p-1/t23-,24-,25-,26-,27+,28+,29+,30+,31+,32+,33+,34+/m0/s1. The van der Waals surface area contributed by atoms with Gasteiger partial charge in [-0.05, 0) is 27.7 Å². The van der Waals surface area contributed by atoms with Gasteiger partial charge >= 0.3 is 22.8 Å². The number of rotatable bonds is 20. The second-order valence-corrected chi connectivity index (χ2v) is 19.3. The second-order valence-electron chi connectivity index (χ2n) is 17.9. The summed E-state index contributed by atoms with van der Waals surface area (Å²) in [4.78, 5) is 121. The van der Waals surface area contributed by atoms with E-state index in [1.54, 1.807) is 0 Å². The molecule has 4 saturated heterocycles. The Bertz CT molecular complexity index is 3180. The number of H-pyrrole nitrogens is 4. The molecule has 13 atom stereocenters. The smallest absolute Gasteiger partial charge is 0.330 e. The van der Waals surface area contributed by atoms with Gasteiger partial charge in [-0.2, -0.15) is 0 Å². The Morgan fingerprint density at radius 1 is 0.548 bits per heavy atom. The lowest BCUT2D eigenvalue weighted by Gasteiger charge is -2.30.